The molecule has 2 aliphatic rings. The van der Waals surface area contributed by atoms with Crippen LogP contribution in [0.2, 0.25) is 0 Å². The molecule has 2 aliphatic carbocycles. The third-order valence-corrected chi connectivity index (χ3v) is 7.95. The van der Waals surface area contributed by atoms with Gasteiger partial charge in [0.15, 0.2) is 5.78 Å². The number of nitrogens with zero attached hydrogens (tertiary/aromatic N) is 5. The minimum Gasteiger partial charge on any atom is -0.293 e. The Labute approximate surface area is 214 Å². The topological polar surface area (TPSA) is 84.5 Å². The minimum absolute atomic E-state index is 0.00858. The van der Waals surface area contributed by atoms with E-state index < -0.39 is 5.41 Å². The number of rotatable bonds is 3. The molecule has 0 bridgehead atoms. The van der Waals surface area contributed by atoms with Crippen LogP contribution in [0.3, 0.4) is 0 Å². The maximum atomic E-state index is 15.0. The van der Waals surface area contributed by atoms with Crippen molar-refractivity contribution in [3.8, 4) is 34.1 Å². The number of carbonyl (C=O) groups is 1. The van der Waals surface area contributed by atoms with Gasteiger partial charge >= 0.3 is 0 Å². The second-order valence-electron chi connectivity index (χ2n) is 9.99. The van der Waals surface area contributed by atoms with Crippen molar-refractivity contribution in [3.05, 3.63) is 96.0 Å². The maximum absolute atomic E-state index is 15.0. The SMILES string of the molecule is C[C@H]1C(=O)C(C#N)=C[C@@]2(C)c3c(c(-c4ccccc4F)nn3-c3ccc(-c4cncnc4)cc3)CC[C@H]12. The predicted octanol–water partition coefficient (Wildman–Crippen LogP) is 5.62. The van der Waals surface area contributed by atoms with Crippen LogP contribution in [0.4, 0.5) is 4.39 Å². The van der Waals surface area contributed by atoms with E-state index in [2.05, 4.69) is 23.0 Å². The molecule has 4 aromatic rings. The highest BCUT2D eigenvalue weighted by Gasteiger charge is 2.50. The standard InChI is InChI=1S/C30H24FN5O/c1-18-25-12-11-24-27(23-5-3-4-6-26(23)31)35-36(29(24)30(25,2)13-20(14-32)28(18)37)22-9-7-19(8-10-22)21-15-33-17-34-16-21/h3-10,13,15-18,25H,11-12H2,1-2H3/t18-,25-,30-/m1/s1. The molecule has 0 amide bonds. The molecule has 182 valence electrons. The van der Waals surface area contributed by atoms with Crippen LogP contribution < -0.4 is 0 Å². The fraction of sp³-hybridized carbons (Fsp3) is 0.233. The van der Waals surface area contributed by atoms with E-state index in [4.69, 9.17) is 5.10 Å². The van der Waals surface area contributed by atoms with E-state index in [1.807, 2.05) is 48.0 Å². The van der Waals surface area contributed by atoms with Gasteiger partial charge in [0, 0.05) is 40.4 Å². The first-order chi connectivity index (χ1) is 17.9. The monoisotopic (exact) mass is 489 g/mol. The van der Waals surface area contributed by atoms with Gasteiger partial charge in [0.05, 0.1) is 22.6 Å². The van der Waals surface area contributed by atoms with Crippen LogP contribution in [0, 0.1) is 29.0 Å². The van der Waals surface area contributed by atoms with Crippen molar-refractivity contribution < 1.29 is 9.18 Å². The molecule has 2 heterocycles. The number of fused-ring (bicyclic) bond motifs is 3. The number of allylic oxidation sites excluding steroid dienone is 2. The zero-order chi connectivity index (χ0) is 25.7. The molecule has 0 radical (unpaired) electrons. The molecule has 3 atom stereocenters. The molecule has 6 nitrogen and oxygen atoms in total. The number of carbonyl (C=O) groups excluding carboxylic acids is 1. The largest absolute Gasteiger partial charge is 0.293 e. The molecule has 0 spiro atoms. The molecule has 37 heavy (non-hydrogen) atoms. The van der Waals surface area contributed by atoms with Crippen LogP contribution in [0.15, 0.2) is 78.9 Å². The van der Waals surface area contributed by atoms with Crippen molar-refractivity contribution >= 4 is 5.78 Å². The minimum atomic E-state index is -0.617. The Kier molecular flexibility index (Phi) is 5.34. The molecule has 0 saturated carbocycles. The van der Waals surface area contributed by atoms with Crippen molar-refractivity contribution in [3.63, 3.8) is 0 Å². The van der Waals surface area contributed by atoms with E-state index in [1.165, 1.54) is 12.4 Å². The number of hydrogen-bond acceptors (Lipinski definition) is 5. The van der Waals surface area contributed by atoms with Gasteiger partial charge in [0.25, 0.3) is 0 Å². The number of aromatic nitrogens is 4. The normalized spacial score (nSPS) is 22.5. The van der Waals surface area contributed by atoms with E-state index >= 15 is 0 Å². The highest BCUT2D eigenvalue weighted by molar-refractivity contribution is 6.02. The Morgan fingerprint density at radius 1 is 1.08 bits per heavy atom. The maximum Gasteiger partial charge on any atom is 0.176 e. The number of benzene rings is 2. The van der Waals surface area contributed by atoms with Crippen LogP contribution in [-0.2, 0) is 16.6 Å². The van der Waals surface area contributed by atoms with Crippen LogP contribution in [0.5, 0.6) is 0 Å². The van der Waals surface area contributed by atoms with Crippen LogP contribution >= 0.6 is 0 Å². The zero-order valence-electron chi connectivity index (χ0n) is 20.5. The third-order valence-electron chi connectivity index (χ3n) is 7.95. The number of nitriles is 1. The molecular weight excluding hydrogens is 465 g/mol. The number of Topliss-reactive ketones (excluding diaryl/α,β-unsaturated/α-hetero) is 1. The molecule has 0 aliphatic heterocycles. The highest BCUT2D eigenvalue weighted by atomic mass is 19.1. The molecule has 0 N–H and O–H groups in total. The Hall–Kier alpha value is -4.44. The summed E-state index contributed by atoms with van der Waals surface area (Å²) in [6, 6.07) is 16.7. The Morgan fingerprint density at radius 3 is 2.51 bits per heavy atom. The van der Waals surface area contributed by atoms with Gasteiger partial charge in [-0.2, -0.15) is 10.4 Å². The molecule has 0 fully saturated rings. The van der Waals surface area contributed by atoms with E-state index in [0.29, 0.717) is 17.7 Å². The van der Waals surface area contributed by atoms with Gasteiger partial charge < -0.3 is 0 Å². The summed E-state index contributed by atoms with van der Waals surface area (Å²) in [4.78, 5) is 21.1. The summed E-state index contributed by atoms with van der Waals surface area (Å²) in [7, 11) is 0. The van der Waals surface area contributed by atoms with Gasteiger partial charge in [-0.15, -0.1) is 0 Å². The highest BCUT2D eigenvalue weighted by Crippen LogP contribution is 2.52. The summed E-state index contributed by atoms with van der Waals surface area (Å²) in [5.41, 5.74) is 5.16. The first-order valence-corrected chi connectivity index (χ1v) is 12.3. The Morgan fingerprint density at radius 2 is 1.81 bits per heavy atom. The van der Waals surface area contributed by atoms with Crippen molar-refractivity contribution in [2.45, 2.75) is 32.1 Å². The van der Waals surface area contributed by atoms with Crippen LogP contribution in [0.1, 0.15) is 31.5 Å². The second kappa shape index (κ2) is 8.59. The number of ketones is 1. The molecule has 2 aromatic heterocycles. The average molecular weight is 490 g/mol. The predicted molar refractivity (Wildman–Crippen MR) is 137 cm³/mol. The van der Waals surface area contributed by atoms with Gasteiger partial charge in [0.1, 0.15) is 18.2 Å². The van der Waals surface area contributed by atoms with E-state index in [-0.39, 0.29) is 29.0 Å². The molecule has 2 aromatic carbocycles. The Bertz CT molecular complexity index is 1600. The third kappa shape index (κ3) is 3.52. The summed E-state index contributed by atoms with van der Waals surface area (Å²) >= 11 is 0. The van der Waals surface area contributed by atoms with E-state index in [1.54, 1.807) is 24.5 Å². The lowest BCUT2D eigenvalue weighted by atomic mass is 9.57. The molecule has 0 unspecified atom stereocenters. The van der Waals surface area contributed by atoms with Crippen molar-refractivity contribution in [1.82, 2.24) is 19.7 Å². The lowest BCUT2D eigenvalue weighted by molar-refractivity contribution is -0.121. The summed E-state index contributed by atoms with van der Waals surface area (Å²) in [5.74, 6) is -0.724. The van der Waals surface area contributed by atoms with Gasteiger partial charge in [-0.25, -0.2) is 19.0 Å². The molecule has 7 heteroatoms. The fourth-order valence-corrected chi connectivity index (χ4v) is 6.15. The quantitative estimate of drug-likeness (QED) is 0.373. The van der Waals surface area contributed by atoms with Crippen molar-refractivity contribution in [1.29, 1.82) is 5.26 Å². The lowest BCUT2D eigenvalue weighted by Gasteiger charge is -2.45. The van der Waals surface area contributed by atoms with Crippen molar-refractivity contribution in [2.24, 2.45) is 11.8 Å². The van der Waals surface area contributed by atoms with E-state index in [0.717, 1.165) is 34.5 Å². The van der Waals surface area contributed by atoms with Gasteiger partial charge in [-0.3, -0.25) is 4.79 Å². The summed E-state index contributed by atoms with van der Waals surface area (Å²) in [5, 5.41) is 14.7. The summed E-state index contributed by atoms with van der Waals surface area (Å²) in [6.07, 6.45) is 8.26. The van der Waals surface area contributed by atoms with Gasteiger partial charge in [-0.1, -0.05) is 44.2 Å². The first-order valence-electron chi connectivity index (χ1n) is 12.3. The number of halogens is 1. The molecule has 6 rings (SSSR count). The summed E-state index contributed by atoms with van der Waals surface area (Å²) in [6.45, 7) is 3.99. The smallest absolute Gasteiger partial charge is 0.176 e. The van der Waals surface area contributed by atoms with Crippen molar-refractivity contribution in [2.75, 3.05) is 0 Å². The van der Waals surface area contributed by atoms with Crippen LogP contribution in [0.25, 0.3) is 28.1 Å². The van der Waals surface area contributed by atoms with Crippen LogP contribution in [-0.4, -0.2) is 25.5 Å². The first kappa shape index (κ1) is 23.0. The molecular formula is C30H24FN5O. The summed E-state index contributed by atoms with van der Waals surface area (Å²) < 4.78 is 16.9. The Balaban J connectivity index is 1.59. The molecule has 0 saturated heterocycles. The average Bonchev–Trinajstić information content (AvgIpc) is 3.32. The lowest BCUT2D eigenvalue weighted by Crippen LogP contribution is -2.46. The zero-order valence-corrected chi connectivity index (χ0v) is 20.5. The van der Waals surface area contributed by atoms with Gasteiger partial charge in [-0.05, 0) is 48.6 Å². The van der Waals surface area contributed by atoms with E-state index in [9.17, 15) is 14.4 Å². The second-order valence-corrected chi connectivity index (χ2v) is 9.99. The van der Waals surface area contributed by atoms with Gasteiger partial charge in [0.2, 0.25) is 0 Å². The number of hydrogen-bond donors (Lipinski definition) is 0. The fourth-order valence-electron chi connectivity index (χ4n) is 6.15.